The molecule has 2 atom stereocenters. The van der Waals surface area contributed by atoms with Crippen LogP contribution in [0.25, 0.3) is 0 Å². The Labute approximate surface area is 172 Å². The predicted octanol–water partition coefficient (Wildman–Crippen LogP) is 4.12. The normalized spacial score (nSPS) is 20.8. The van der Waals surface area contributed by atoms with Crippen molar-refractivity contribution in [3.05, 3.63) is 95.5 Å². The van der Waals surface area contributed by atoms with Crippen LogP contribution in [-0.4, -0.2) is 23.6 Å². The maximum Gasteiger partial charge on any atom is 0.259 e. The number of carbonyl (C=O) groups is 2. The van der Waals surface area contributed by atoms with Gasteiger partial charge in [0.05, 0.1) is 17.1 Å². The molecular formula is C23H16ClN3O2. The summed E-state index contributed by atoms with van der Waals surface area (Å²) in [5, 5.41) is 6.93. The average molecular weight is 402 g/mol. The third-order valence-corrected chi connectivity index (χ3v) is 5.48. The fourth-order valence-corrected chi connectivity index (χ4v) is 4.03. The van der Waals surface area contributed by atoms with Gasteiger partial charge in [-0.3, -0.25) is 14.6 Å². The maximum absolute atomic E-state index is 13.4. The number of hydrogen-bond donors (Lipinski definition) is 0. The van der Waals surface area contributed by atoms with Crippen molar-refractivity contribution in [1.82, 2.24) is 0 Å². The molecule has 0 unspecified atom stereocenters. The Morgan fingerprint density at radius 3 is 2.00 bits per heavy atom. The minimum Gasteiger partial charge on any atom is -0.273 e. The largest absolute Gasteiger partial charge is 0.273 e. The fourth-order valence-electron chi connectivity index (χ4n) is 3.90. The standard InChI is InChI=1S/C23H16ClN3O2/c24-16-11-13-17(14-12-16)26-22(28)19-20(15-7-3-1-4-8-15)25-27(21(19)23(26)29)18-9-5-2-6-10-18/h1-14,19,21H/t19-,21-/m1/s1. The van der Waals surface area contributed by atoms with E-state index in [1.54, 1.807) is 29.3 Å². The van der Waals surface area contributed by atoms with Gasteiger partial charge in [-0.2, -0.15) is 5.10 Å². The first-order chi connectivity index (χ1) is 14.1. The molecule has 2 aliphatic rings. The number of halogens is 1. The molecule has 5 nitrogen and oxygen atoms in total. The number of carbonyl (C=O) groups excluding carboxylic acids is 2. The first kappa shape index (κ1) is 17.6. The van der Waals surface area contributed by atoms with Crippen LogP contribution in [0.3, 0.4) is 0 Å². The van der Waals surface area contributed by atoms with E-state index >= 15 is 0 Å². The molecule has 1 fully saturated rings. The molecule has 142 valence electrons. The van der Waals surface area contributed by atoms with Crippen molar-refractivity contribution >= 4 is 40.5 Å². The summed E-state index contributed by atoms with van der Waals surface area (Å²) in [6.07, 6.45) is 0. The zero-order chi connectivity index (χ0) is 20.0. The second kappa shape index (κ2) is 6.87. The fraction of sp³-hybridized carbons (Fsp3) is 0.0870. The molecule has 0 bridgehead atoms. The minimum absolute atomic E-state index is 0.275. The molecule has 0 aromatic heterocycles. The van der Waals surface area contributed by atoms with Gasteiger partial charge in [0.1, 0.15) is 12.0 Å². The van der Waals surface area contributed by atoms with Crippen LogP contribution in [0.15, 0.2) is 90.0 Å². The number of benzene rings is 3. The summed E-state index contributed by atoms with van der Waals surface area (Å²) in [7, 11) is 0. The topological polar surface area (TPSA) is 53.0 Å². The second-order valence-electron chi connectivity index (χ2n) is 6.94. The first-order valence-electron chi connectivity index (χ1n) is 9.27. The van der Waals surface area contributed by atoms with Crippen LogP contribution in [-0.2, 0) is 9.59 Å². The lowest BCUT2D eigenvalue weighted by Crippen LogP contribution is -2.39. The Balaban J connectivity index is 1.63. The molecule has 0 N–H and O–H groups in total. The number of para-hydroxylation sites is 1. The molecule has 29 heavy (non-hydrogen) atoms. The van der Waals surface area contributed by atoms with E-state index in [2.05, 4.69) is 0 Å². The molecule has 1 saturated heterocycles. The lowest BCUT2D eigenvalue weighted by Gasteiger charge is -2.22. The van der Waals surface area contributed by atoms with Gasteiger partial charge in [0.15, 0.2) is 0 Å². The van der Waals surface area contributed by atoms with E-state index in [0.29, 0.717) is 16.4 Å². The Hall–Kier alpha value is -3.44. The van der Waals surface area contributed by atoms with Gasteiger partial charge in [-0.1, -0.05) is 60.1 Å². The first-order valence-corrected chi connectivity index (χ1v) is 9.64. The molecule has 3 aromatic rings. The minimum atomic E-state index is -0.712. The highest BCUT2D eigenvalue weighted by Crippen LogP contribution is 2.39. The highest BCUT2D eigenvalue weighted by atomic mass is 35.5. The summed E-state index contributed by atoms with van der Waals surface area (Å²) in [4.78, 5) is 28.1. The van der Waals surface area contributed by atoms with E-state index in [0.717, 1.165) is 11.3 Å². The smallest absolute Gasteiger partial charge is 0.259 e. The van der Waals surface area contributed by atoms with Crippen LogP contribution in [0.2, 0.25) is 5.02 Å². The van der Waals surface area contributed by atoms with E-state index in [1.165, 1.54) is 4.90 Å². The second-order valence-corrected chi connectivity index (χ2v) is 7.38. The number of anilines is 2. The number of hydrazone groups is 1. The summed E-state index contributed by atoms with van der Waals surface area (Å²) in [6.45, 7) is 0. The number of rotatable bonds is 3. The summed E-state index contributed by atoms with van der Waals surface area (Å²) in [5.41, 5.74) is 2.72. The predicted molar refractivity (Wildman–Crippen MR) is 113 cm³/mol. The molecule has 0 spiro atoms. The van der Waals surface area contributed by atoms with Gasteiger partial charge in [-0.25, -0.2) is 4.90 Å². The maximum atomic E-state index is 13.4. The number of fused-ring (bicyclic) bond motifs is 1. The van der Waals surface area contributed by atoms with Crippen molar-refractivity contribution in [2.24, 2.45) is 11.0 Å². The number of nitrogens with zero attached hydrogens (tertiary/aromatic N) is 3. The lowest BCUT2D eigenvalue weighted by molar-refractivity contribution is -0.121. The molecule has 0 radical (unpaired) electrons. The summed E-state index contributed by atoms with van der Waals surface area (Å²) >= 11 is 5.98. The van der Waals surface area contributed by atoms with Gasteiger partial charge in [0.25, 0.3) is 5.91 Å². The van der Waals surface area contributed by atoms with E-state index in [9.17, 15) is 9.59 Å². The van der Waals surface area contributed by atoms with E-state index < -0.39 is 12.0 Å². The summed E-state index contributed by atoms with van der Waals surface area (Å²) < 4.78 is 0. The van der Waals surface area contributed by atoms with Gasteiger partial charge < -0.3 is 0 Å². The van der Waals surface area contributed by atoms with Crippen LogP contribution < -0.4 is 9.91 Å². The third kappa shape index (κ3) is 2.82. The Morgan fingerprint density at radius 2 is 1.34 bits per heavy atom. The molecule has 2 heterocycles. The van der Waals surface area contributed by atoms with Crippen molar-refractivity contribution in [3.8, 4) is 0 Å². The molecule has 0 aliphatic carbocycles. The van der Waals surface area contributed by atoms with Crippen LogP contribution in [0.4, 0.5) is 11.4 Å². The molecule has 0 saturated carbocycles. The quantitative estimate of drug-likeness (QED) is 0.620. The molecule has 5 rings (SSSR count). The number of hydrogen-bond acceptors (Lipinski definition) is 4. The molecule has 6 heteroatoms. The Morgan fingerprint density at radius 1 is 0.724 bits per heavy atom. The third-order valence-electron chi connectivity index (χ3n) is 5.22. The monoisotopic (exact) mass is 401 g/mol. The van der Waals surface area contributed by atoms with Gasteiger partial charge >= 0.3 is 0 Å². The highest BCUT2D eigenvalue weighted by molar-refractivity contribution is 6.34. The zero-order valence-corrected chi connectivity index (χ0v) is 16.0. The lowest BCUT2D eigenvalue weighted by atomic mass is 9.93. The molecule has 2 amide bonds. The summed E-state index contributed by atoms with van der Waals surface area (Å²) in [5.74, 6) is -1.23. The van der Waals surface area contributed by atoms with Crippen LogP contribution in [0, 0.1) is 5.92 Å². The van der Waals surface area contributed by atoms with Crippen molar-refractivity contribution in [2.75, 3.05) is 9.91 Å². The van der Waals surface area contributed by atoms with Crippen molar-refractivity contribution in [3.63, 3.8) is 0 Å². The van der Waals surface area contributed by atoms with Gasteiger partial charge in [0, 0.05) is 5.02 Å². The SMILES string of the molecule is O=C1[C@@H]2C(c3ccccc3)=NN(c3ccccc3)[C@H]2C(=O)N1c1ccc(Cl)cc1. The highest BCUT2D eigenvalue weighted by Gasteiger charge is 2.57. The van der Waals surface area contributed by atoms with Crippen LogP contribution in [0.1, 0.15) is 5.56 Å². The number of amides is 2. The van der Waals surface area contributed by atoms with Crippen LogP contribution in [0.5, 0.6) is 0 Å². The average Bonchev–Trinajstić information content (AvgIpc) is 3.27. The van der Waals surface area contributed by atoms with Crippen LogP contribution >= 0.6 is 11.6 Å². The van der Waals surface area contributed by atoms with Gasteiger partial charge in [0.2, 0.25) is 5.91 Å². The zero-order valence-electron chi connectivity index (χ0n) is 15.3. The number of imide groups is 1. The molecule has 2 aliphatic heterocycles. The van der Waals surface area contributed by atoms with Gasteiger partial charge in [-0.05, 0) is 42.0 Å². The van der Waals surface area contributed by atoms with E-state index in [-0.39, 0.29) is 11.8 Å². The molecular weight excluding hydrogens is 386 g/mol. The van der Waals surface area contributed by atoms with E-state index in [4.69, 9.17) is 16.7 Å². The van der Waals surface area contributed by atoms with Gasteiger partial charge in [-0.15, -0.1) is 0 Å². The van der Waals surface area contributed by atoms with E-state index in [1.807, 2.05) is 60.7 Å². The summed E-state index contributed by atoms with van der Waals surface area (Å²) in [6, 6.07) is 25.0. The van der Waals surface area contributed by atoms with Crippen molar-refractivity contribution in [1.29, 1.82) is 0 Å². The Bertz CT molecular complexity index is 1110. The molecule has 3 aromatic carbocycles. The van der Waals surface area contributed by atoms with Crippen molar-refractivity contribution in [2.45, 2.75) is 6.04 Å². The van der Waals surface area contributed by atoms with Crippen molar-refractivity contribution < 1.29 is 9.59 Å². The Kier molecular flexibility index (Phi) is 4.18.